The fourth-order valence-electron chi connectivity index (χ4n) is 1.23. The molecule has 0 aromatic carbocycles. The number of aliphatic hydroxyl groups excluding tert-OH is 1. The van der Waals surface area contributed by atoms with E-state index in [-0.39, 0.29) is 6.61 Å². The monoisotopic (exact) mass is 206 g/mol. The van der Waals surface area contributed by atoms with Crippen LogP contribution in [0, 0.1) is 0 Å². The molecule has 2 aromatic heterocycles. The molecule has 80 valence electrons. The number of aromatic nitrogens is 3. The second-order valence-electron chi connectivity index (χ2n) is 4.11. The average molecular weight is 206 g/mol. The molecule has 0 atom stereocenters. The van der Waals surface area contributed by atoms with Crippen molar-refractivity contribution in [1.82, 2.24) is 14.6 Å². The van der Waals surface area contributed by atoms with Crippen LogP contribution >= 0.6 is 0 Å². The number of anilines is 1. The third-order valence-corrected chi connectivity index (χ3v) is 2.09. The fourth-order valence-corrected chi connectivity index (χ4v) is 1.23. The summed E-state index contributed by atoms with van der Waals surface area (Å²) in [6.07, 6.45) is 1.83. The van der Waals surface area contributed by atoms with Crippen LogP contribution < -0.4 is 5.32 Å². The molecule has 0 aliphatic carbocycles. The van der Waals surface area contributed by atoms with E-state index in [9.17, 15) is 0 Å². The SMILES string of the molecule is CC(C)(CO)Nc1nc2ccccn2n1. The molecular weight excluding hydrogens is 192 g/mol. The molecule has 2 aromatic rings. The van der Waals surface area contributed by atoms with Gasteiger partial charge in [0.1, 0.15) is 0 Å². The summed E-state index contributed by atoms with van der Waals surface area (Å²) >= 11 is 0. The lowest BCUT2D eigenvalue weighted by Gasteiger charge is -2.21. The first-order valence-electron chi connectivity index (χ1n) is 4.81. The summed E-state index contributed by atoms with van der Waals surface area (Å²) in [4.78, 5) is 4.28. The van der Waals surface area contributed by atoms with Crippen molar-refractivity contribution in [3.05, 3.63) is 24.4 Å². The molecule has 15 heavy (non-hydrogen) atoms. The Morgan fingerprint density at radius 3 is 2.93 bits per heavy atom. The zero-order chi connectivity index (χ0) is 10.9. The van der Waals surface area contributed by atoms with Gasteiger partial charge in [0.2, 0.25) is 5.95 Å². The second kappa shape index (κ2) is 3.51. The number of hydrogen-bond acceptors (Lipinski definition) is 4. The van der Waals surface area contributed by atoms with E-state index < -0.39 is 5.54 Å². The molecule has 5 heteroatoms. The van der Waals surface area contributed by atoms with Crippen molar-refractivity contribution in [2.24, 2.45) is 0 Å². The van der Waals surface area contributed by atoms with Crippen molar-refractivity contribution in [1.29, 1.82) is 0 Å². The van der Waals surface area contributed by atoms with E-state index in [1.54, 1.807) is 4.52 Å². The third-order valence-electron chi connectivity index (χ3n) is 2.09. The van der Waals surface area contributed by atoms with Crippen molar-refractivity contribution >= 4 is 11.6 Å². The van der Waals surface area contributed by atoms with Crippen molar-refractivity contribution in [3.8, 4) is 0 Å². The molecule has 0 unspecified atom stereocenters. The molecule has 0 amide bonds. The predicted octanol–water partition coefficient (Wildman–Crippen LogP) is 0.912. The Kier molecular flexibility index (Phi) is 2.32. The van der Waals surface area contributed by atoms with E-state index in [4.69, 9.17) is 5.11 Å². The number of nitrogens with one attached hydrogen (secondary N) is 1. The van der Waals surface area contributed by atoms with Gasteiger partial charge in [-0.2, -0.15) is 4.98 Å². The van der Waals surface area contributed by atoms with Crippen LogP contribution in [0.5, 0.6) is 0 Å². The van der Waals surface area contributed by atoms with Crippen LogP contribution in [0.15, 0.2) is 24.4 Å². The number of rotatable bonds is 3. The summed E-state index contributed by atoms with van der Waals surface area (Å²) in [5.41, 5.74) is 0.374. The summed E-state index contributed by atoms with van der Waals surface area (Å²) in [6.45, 7) is 3.81. The number of nitrogens with zero attached hydrogens (tertiary/aromatic N) is 3. The number of hydrogen-bond donors (Lipinski definition) is 2. The first-order chi connectivity index (χ1) is 7.11. The summed E-state index contributed by atoms with van der Waals surface area (Å²) in [5.74, 6) is 0.528. The van der Waals surface area contributed by atoms with Gasteiger partial charge in [0.25, 0.3) is 0 Å². The molecule has 0 aliphatic heterocycles. The molecule has 0 fully saturated rings. The van der Waals surface area contributed by atoms with Crippen LogP contribution in [0.1, 0.15) is 13.8 Å². The van der Waals surface area contributed by atoms with Crippen LogP contribution in [0.2, 0.25) is 0 Å². The lowest BCUT2D eigenvalue weighted by atomic mass is 10.1. The van der Waals surface area contributed by atoms with Gasteiger partial charge in [-0.15, -0.1) is 5.10 Å². The Morgan fingerprint density at radius 1 is 1.47 bits per heavy atom. The maximum absolute atomic E-state index is 9.11. The van der Waals surface area contributed by atoms with Crippen LogP contribution in [-0.4, -0.2) is 31.9 Å². The lowest BCUT2D eigenvalue weighted by molar-refractivity contribution is 0.233. The quantitative estimate of drug-likeness (QED) is 0.783. The molecule has 2 rings (SSSR count). The van der Waals surface area contributed by atoms with E-state index in [1.807, 2.05) is 38.2 Å². The highest BCUT2D eigenvalue weighted by atomic mass is 16.3. The van der Waals surface area contributed by atoms with Crippen LogP contribution in [0.3, 0.4) is 0 Å². The number of aliphatic hydroxyl groups is 1. The standard InChI is InChI=1S/C10H14N4O/c1-10(2,7-15)12-9-11-8-5-3-4-6-14(8)13-9/h3-6,15H,7H2,1-2H3,(H,12,13). The maximum Gasteiger partial charge on any atom is 0.243 e. The van der Waals surface area contributed by atoms with Gasteiger partial charge in [-0.3, -0.25) is 0 Å². The molecule has 0 spiro atoms. The molecule has 2 N–H and O–H groups in total. The summed E-state index contributed by atoms with van der Waals surface area (Å²) in [6, 6.07) is 5.68. The van der Waals surface area contributed by atoms with E-state index >= 15 is 0 Å². The van der Waals surface area contributed by atoms with Gasteiger partial charge in [-0.05, 0) is 26.0 Å². The molecular formula is C10H14N4O. The topological polar surface area (TPSA) is 62.5 Å². The lowest BCUT2D eigenvalue weighted by Crippen LogP contribution is -2.35. The minimum absolute atomic E-state index is 0.0303. The molecule has 5 nitrogen and oxygen atoms in total. The van der Waals surface area contributed by atoms with Gasteiger partial charge in [0, 0.05) is 6.20 Å². The van der Waals surface area contributed by atoms with Gasteiger partial charge in [0.15, 0.2) is 5.65 Å². The highest BCUT2D eigenvalue weighted by Crippen LogP contribution is 2.11. The fraction of sp³-hybridized carbons (Fsp3) is 0.400. The third kappa shape index (κ3) is 2.07. The van der Waals surface area contributed by atoms with Crippen molar-refractivity contribution in [2.45, 2.75) is 19.4 Å². The van der Waals surface area contributed by atoms with Gasteiger partial charge < -0.3 is 10.4 Å². The van der Waals surface area contributed by atoms with Crippen molar-refractivity contribution in [3.63, 3.8) is 0 Å². The smallest absolute Gasteiger partial charge is 0.243 e. The summed E-state index contributed by atoms with van der Waals surface area (Å²) in [5, 5.41) is 16.4. The van der Waals surface area contributed by atoms with Crippen LogP contribution in [0.25, 0.3) is 5.65 Å². The normalized spacial score (nSPS) is 11.9. The van der Waals surface area contributed by atoms with Gasteiger partial charge in [-0.1, -0.05) is 6.07 Å². The highest BCUT2D eigenvalue weighted by molar-refractivity contribution is 5.43. The van der Waals surface area contributed by atoms with E-state index in [1.165, 1.54) is 0 Å². The first kappa shape index (κ1) is 9.92. The Balaban J connectivity index is 2.30. The summed E-state index contributed by atoms with van der Waals surface area (Å²) in [7, 11) is 0. The summed E-state index contributed by atoms with van der Waals surface area (Å²) < 4.78 is 1.69. The maximum atomic E-state index is 9.11. The minimum atomic E-state index is -0.412. The van der Waals surface area contributed by atoms with E-state index in [0.717, 1.165) is 5.65 Å². The minimum Gasteiger partial charge on any atom is -0.394 e. The largest absolute Gasteiger partial charge is 0.394 e. The van der Waals surface area contributed by atoms with E-state index in [0.29, 0.717) is 5.95 Å². The van der Waals surface area contributed by atoms with Crippen LogP contribution in [0.4, 0.5) is 5.95 Å². The Labute approximate surface area is 87.8 Å². The Bertz CT molecular complexity index is 430. The Morgan fingerprint density at radius 2 is 2.27 bits per heavy atom. The molecule has 0 saturated carbocycles. The first-order valence-corrected chi connectivity index (χ1v) is 4.81. The van der Waals surface area contributed by atoms with E-state index in [2.05, 4.69) is 15.4 Å². The van der Waals surface area contributed by atoms with Gasteiger partial charge in [0.05, 0.1) is 12.1 Å². The second-order valence-corrected chi connectivity index (χ2v) is 4.11. The molecule has 2 heterocycles. The molecule has 0 saturated heterocycles. The van der Waals surface area contributed by atoms with Gasteiger partial charge in [-0.25, -0.2) is 4.52 Å². The molecule has 0 radical (unpaired) electrons. The number of pyridine rings is 1. The highest BCUT2D eigenvalue weighted by Gasteiger charge is 2.17. The van der Waals surface area contributed by atoms with Crippen molar-refractivity contribution < 1.29 is 5.11 Å². The number of fused-ring (bicyclic) bond motifs is 1. The van der Waals surface area contributed by atoms with Crippen LogP contribution in [-0.2, 0) is 0 Å². The molecule has 0 aliphatic rings. The molecule has 0 bridgehead atoms. The predicted molar refractivity (Wildman–Crippen MR) is 57.8 cm³/mol. The zero-order valence-corrected chi connectivity index (χ0v) is 8.81. The van der Waals surface area contributed by atoms with Gasteiger partial charge >= 0.3 is 0 Å². The average Bonchev–Trinajstić information content (AvgIpc) is 2.58. The zero-order valence-electron chi connectivity index (χ0n) is 8.81. The Hall–Kier alpha value is -1.62. The van der Waals surface area contributed by atoms with Crippen molar-refractivity contribution in [2.75, 3.05) is 11.9 Å².